The molecule has 1 N–H and O–H groups in total. The van der Waals surface area contributed by atoms with Gasteiger partial charge in [-0.15, -0.1) is 0 Å². The molecule has 6 nitrogen and oxygen atoms in total. The average Bonchev–Trinajstić information content (AvgIpc) is 2.36. The first-order valence-electron chi connectivity index (χ1n) is 7.92. The Labute approximate surface area is 135 Å². The second-order valence-electron chi connectivity index (χ2n) is 6.47. The largest absolute Gasteiger partial charge is 0.444 e. The van der Waals surface area contributed by atoms with Crippen molar-refractivity contribution in [3.05, 3.63) is 0 Å². The fourth-order valence-electron chi connectivity index (χ4n) is 1.88. The SMILES string of the molecule is CCN(CCCNC(C)CS(=O)(=O)CC)C(=O)OC(C)(C)C. The van der Waals surface area contributed by atoms with E-state index in [1.165, 1.54) is 0 Å². The van der Waals surface area contributed by atoms with Gasteiger partial charge in [0.05, 0.1) is 5.75 Å². The van der Waals surface area contributed by atoms with Crippen molar-refractivity contribution in [2.24, 2.45) is 0 Å². The average molecular weight is 336 g/mol. The number of carbonyl (C=O) groups excluding carboxylic acids is 1. The number of carbonyl (C=O) groups is 1. The Hall–Kier alpha value is -0.820. The van der Waals surface area contributed by atoms with Crippen LogP contribution < -0.4 is 5.32 Å². The molecule has 0 aliphatic heterocycles. The van der Waals surface area contributed by atoms with E-state index in [9.17, 15) is 13.2 Å². The summed E-state index contributed by atoms with van der Waals surface area (Å²) in [6.45, 7) is 12.8. The highest BCUT2D eigenvalue weighted by molar-refractivity contribution is 7.91. The van der Waals surface area contributed by atoms with Gasteiger partial charge < -0.3 is 15.0 Å². The minimum absolute atomic E-state index is 0.0819. The third kappa shape index (κ3) is 10.00. The molecule has 0 bridgehead atoms. The predicted octanol–water partition coefficient (Wildman–Crippen LogP) is 2.05. The Morgan fingerprint density at radius 1 is 1.27 bits per heavy atom. The maximum atomic E-state index is 11.9. The molecular formula is C15H32N2O4S. The molecule has 0 aromatic carbocycles. The molecule has 0 aromatic heterocycles. The summed E-state index contributed by atoms with van der Waals surface area (Å²) in [5.74, 6) is 0.314. The van der Waals surface area contributed by atoms with E-state index in [1.54, 1.807) is 11.8 Å². The van der Waals surface area contributed by atoms with Gasteiger partial charge in [-0.25, -0.2) is 13.2 Å². The summed E-state index contributed by atoms with van der Waals surface area (Å²) in [7, 11) is -2.96. The molecule has 0 saturated heterocycles. The summed E-state index contributed by atoms with van der Waals surface area (Å²) in [4.78, 5) is 13.6. The van der Waals surface area contributed by atoms with Crippen molar-refractivity contribution >= 4 is 15.9 Å². The van der Waals surface area contributed by atoms with Gasteiger partial charge in [-0.2, -0.15) is 0 Å². The van der Waals surface area contributed by atoms with Gasteiger partial charge in [-0.05, 0) is 47.6 Å². The van der Waals surface area contributed by atoms with Crippen molar-refractivity contribution in [2.75, 3.05) is 31.1 Å². The maximum Gasteiger partial charge on any atom is 0.410 e. The van der Waals surface area contributed by atoms with Crippen molar-refractivity contribution in [1.29, 1.82) is 0 Å². The van der Waals surface area contributed by atoms with Crippen molar-refractivity contribution in [3.8, 4) is 0 Å². The van der Waals surface area contributed by atoms with Crippen LogP contribution in [0.1, 0.15) is 48.0 Å². The molecular weight excluding hydrogens is 304 g/mol. The quantitative estimate of drug-likeness (QED) is 0.652. The molecule has 0 aromatic rings. The predicted molar refractivity (Wildman–Crippen MR) is 89.9 cm³/mol. The molecule has 1 unspecified atom stereocenters. The fourth-order valence-corrected chi connectivity index (χ4v) is 3.00. The first-order chi connectivity index (χ1) is 10.0. The molecule has 0 saturated carbocycles. The van der Waals surface area contributed by atoms with E-state index in [4.69, 9.17) is 4.74 Å². The van der Waals surface area contributed by atoms with E-state index in [0.717, 1.165) is 6.42 Å². The number of nitrogens with one attached hydrogen (secondary N) is 1. The van der Waals surface area contributed by atoms with Crippen LogP contribution in [0.3, 0.4) is 0 Å². The Kier molecular flexibility index (Phi) is 9.00. The zero-order valence-electron chi connectivity index (χ0n) is 14.8. The molecule has 132 valence electrons. The minimum Gasteiger partial charge on any atom is -0.444 e. The Bertz CT molecular complexity index is 429. The van der Waals surface area contributed by atoms with Crippen molar-refractivity contribution < 1.29 is 17.9 Å². The van der Waals surface area contributed by atoms with Gasteiger partial charge >= 0.3 is 6.09 Å². The van der Waals surface area contributed by atoms with Crippen LogP contribution in [-0.4, -0.2) is 62.2 Å². The monoisotopic (exact) mass is 336 g/mol. The lowest BCUT2D eigenvalue weighted by Crippen LogP contribution is -2.39. The standard InChI is InChI=1S/C15H32N2O4S/c1-7-17(14(18)21-15(4,5)6)11-9-10-16-13(3)12-22(19,20)8-2/h13,16H,7-12H2,1-6H3. The van der Waals surface area contributed by atoms with Crippen LogP contribution in [0.15, 0.2) is 0 Å². The number of amides is 1. The second kappa shape index (κ2) is 9.35. The first kappa shape index (κ1) is 21.2. The van der Waals surface area contributed by atoms with Gasteiger partial charge in [0, 0.05) is 24.9 Å². The highest BCUT2D eigenvalue weighted by Crippen LogP contribution is 2.10. The van der Waals surface area contributed by atoms with Crippen LogP contribution in [0.4, 0.5) is 4.79 Å². The molecule has 0 aliphatic carbocycles. The van der Waals surface area contributed by atoms with Crippen LogP contribution >= 0.6 is 0 Å². The smallest absolute Gasteiger partial charge is 0.410 e. The lowest BCUT2D eigenvalue weighted by atomic mass is 10.2. The summed E-state index contributed by atoms with van der Waals surface area (Å²) in [5.41, 5.74) is -0.494. The van der Waals surface area contributed by atoms with Gasteiger partial charge in [0.1, 0.15) is 5.60 Å². The molecule has 1 amide bonds. The lowest BCUT2D eigenvalue weighted by Gasteiger charge is -2.26. The molecule has 7 heteroatoms. The molecule has 22 heavy (non-hydrogen) atoms. The number of hydrogen-bond acceptors (Lipinski definition) is 5. The van der Waals surface area contributed by atoms with Crippen LogP contribution in [0, 0.1) is 0 Å². The Morgan fingerprint density at radius 2 is 1.86 bits per heavy atom. The molecule has 0 heterocycles. The van der Waals surface area contributed by atoms with Crippen LogP contribution in [0.25, 0.3) is 0 Å². The Morgan fingerprint density at radius 3 is 2.32 bits per heavy atom. The summed E-state index contributed by atoms with van der Waals surface area (Å²) < 4.78 is 28.4. The van der Waals surface area contributed by atoms with E-state index in [-0.39, 0.29) is 23.6 Å². The van der Waals surface area contributed by atoms with Crippen molar-refractivity contribution in [2.45, 2.75) is 59.6 Å². The minimum atomic E-state index is -2.96. The van der Waals surface area contributed by atoms with Crippen LogP contribution in [0.2, 0.25) is 0 Å². The van der Waals surface area contributed by atoms with Gasteiger partial charge in [0.25, 0.3) is 0 Å². The molecule has 0 fully saturated rings. The van der Waals surface area contributed by atoms with Gasteiger partial charge in [-0.1, -0.05) is 6.92 Å². The van der Waals surface area contributed by atoms with E-state index in [2.05, 4.69) is 5.32 Å². The third-order valence-corrected chi connectivity index (χ3v) is 4.96. The number of hydrogen-bond donors (Lipinski definition) is 1. The highest BCUT2D eigenvalue weighted by atomic mass is 32.2. The fraction of sp³-hybridized carbons (Fsp3) is 0.933. The summed E-state index contributed by atoms with van der Waals surface area (Å²) in [6, 6.07) is -0.0819. The normalized spacial score (nSPS) is 13.7. The van der Waals surface area contributed by atoms with Crippen LogP contribution in [0.5, 0.6) is 0 Å². The number of rotatable bonds is 9. The summed E-state index contributed by atoms with van der Waals surface area (Å²) in [5, 5.41) is 3.18. The van der Waals surface area contributed by atoms with Crippen LogP contribution in [-0.2, 0) is 14.6 Å². The van der Waals surface area contributed by atoms with Gasteiger partial charge in [-0.3, -0.25) is 0 Å². The third-order valence-electron chi connectivity index (χ3n) is 3.07. The Balaban J connectivity index is 4.09. The molecule has 1 atom stereocenters. The maximum absolute atomic E-state index is 11.9. The van der Waals surface area contributed by atoms with E-state index in [1.807, 2.05) is 34.6 Å². The van der Waals surface area contributed by atoms with Gasteiger partial charge in [0.2, 0.25) is 0 Å². The summed E-state index contributed by atoms with van der Waals surface area (Å²) in [6.07, 6.45) is 0.445. The van der Waals surface area contributed by atoms with E-state index in [0.29, 0.717) is 19.6 Å². The highest BCUT2D eigenvalue weighted by Gasteiger charge is 2.20. The van der Waals surface area contributed by atoms with Crippen molar-refractivity contribution in [3.63, 3.8) is 0 Å². The van der Waals surface area contributed by atoms with Gasteiger partial charge in [0.15, 0.2) is 9.84 Å². The van der Waals surface area contributed by atoms with E-state index < -0.39 is 15.4 Å². The number of nitrogens with zero attached hydrogens (tertiary/aromatic N) is 1. The lowest BCUT2D eigenvalue weighted by molar-refractivity contribution is 0.0258. The zero-order chi connectivity index (χ0) is 17.4. The van der Waals surface area contributed by atoms with Crippen molar-refractivity contribution in [1.82, 2.24) is 10.2 Å². The first-order valence-corrected chi connectivity index (χ1v) is 9.74. The summed E-state index contributed by atoms with van der Waals surface area (Å²) >= 11 is 0. The number of sulfone groups is 1. The number of ether oxygens (including phenoxy) is 1. The molecule has 0 rings (SSSR count). The molecule has 0 aliphatic rings. The zero-order valence-corrected chi connectivity index (χ0v) is 15.6. The topological polar surface area (TPSA) is 75.7 Å². The van der Waals surface area contributed by atoms with E-state index >= 15 is 0 Å². The molecule has 0 spiro atoms. The molecule has 0 radical (unpaired) electrons. The second-order valence-corrected chi connectivity index (χ2v) is 8.87.